The molecular weight excluding hydrogens is 482 g/mol. The minimum Gasteiger partial charge on any atom is -0.464 e. The van der Waals surface area contributed by atoms with E-state index >= 15 is 0 Å². The number of azo groups is 1. The first kappa shape index (κ1) is 27.2. The number of amides is 1. The van der Waals surface area contributed by atoms with Gasteiger partial charge in [0.05, 0.1) is 23.0 Å². The molecule has 1 N–H and O–H groups in total. The molecular formula is C22H24ClN5O7. The van der Waals surface area contributed by atoms with Crippen molar-refractivity contribution in [2.24, 2.45) is 10.2 Å². The average molecular weight is 506 g/mol. The lowest BCUT2D eigenvalue weighted by Gasteiger charge is -2.25. The minimum atomic E-state index is -0.581. The number of nitro groups is 1. The highest BCUT2D eigenvalue weighted by molar-refractivity contribution is 6.33. The second-order valence-electron chi connectivity index (χ2n) is 7.06. The molecule has 0 radical (unpaired) electrons. The lowest BCUT2D eigenvalue weighted by molar-refractivity contribution is -0.384. The van der Waals surface area contributed by atoms with Gasteiger partial charge in [0, 0.05) is 37.4 Å². The van der Waals surface area contributed by atoms with Gasteiger partial charge in [0.15, 0.2) is 0 Å². The number of halogens is 1. The lowest BCUT2D eigenvalue weighted by atomic mass is 10.2. The Hall–Kier alpha value is -4.06. The summed E-state index contributed by atoms with van der Waals surface area (Å²) in [6, 6.07) is 10.6. The molecule has 0 aliphatic rings. The van der Waals surface area contributed by atoms with Gasteiger partial charge in [0.1, 0.15) is 25.4 Å². The van der Waals surface area contributed by atoms with Crippen molar-refractivity contribution in [3.8, 4) is 0 Å². The summed E-state index contributed by atoms with van der Waals surface area (Å²) in [5.41, 5.74) is 1.21. The first-order chi connectivity index (χ1) is 16.7. The van der Waals surface area contributed by atoms with Gasteiger partial charge in [0.2, 0.25) is 5.91 Å². The molecule has 2 aromatic rings. The Morgan fingerprint density at radius 1 is 1.06 bits per heavy atom. The van der Waals surface area contributed by atoms with Crippen molar-refractivity contribution in [1.82, 2.24) is 0 Å². The maximum absolute atomic E-state index is 12.3. The van der Waals surface area contributed by atoms with Gasteiger partial charge in [-0.3, -0.25) is 24.5 Å². The average Bonchev–Trinajstić information content (AvgIpc) is 2.78. The van der Waals surface area contributed by atoms with E-state index in [2.05, 4.69) is 15.5 Å². The molecule has 0 aromatic heterocycles. The fourth-order valence-electron chi connectivity index (χ4n) is 2.82. The van der Waals surface area contributed by atoms with Gasteiger partial charge >= 0.3 is 11.9 Å². The van der Waals surface area contributed by atoms with E-state index in [0.29, 0.717) is 24.5 Å². The molecule has 0 heterocycles. The first-order valence-corrected chi connectivity index (χ1v) is 10.8. The molecule has 0 aliphatic carbocycles. The number of anilines is 2. The molecule has 2 aromatic carbocycles. The normalized spacial score (nSPS) is 10.6. The van der Waals surface area contributed by atoms with E-state index in [1.807, 2.05) is 4.90 Å². The molecule has 13 heteroatoms. The fraction of sp³-hybridized carbons (Fsp3) is 0.318. The Balaban J connectivity index is 2.00. The second-order valence-corrected chi connectivity index (χ2v) is 7.47. The predicted octanol–water partition coefficient (Wildman–Crippen LogP) is 3.90. The molecule has 186 valence electrons. The van der Waals surface area contributed by atoms with E-state index in [1.54, 1.807) is 24.3 Å². The van der Waals surface area contributed by atoms with E-state index in [0.717, 1.165) is 6.07 Å². The summed E-state index contributed by atoms with van der Waals surface area (Å²) < 4.78 is 10.00. The number of rotatable bonds is 12. The van der Waals surface area contributed by atoms with Crippen LogP contribution in [-0.2, 0) is 23.9 Å². The number of esters is 2. The topological polar surface area (TPSA) is 153 Å². The van der Waals surface area contributed by atoms with Crippen LogP contribution in [0.15, 0.2) is 52.7 Å². The van der Waals surface area contributed by atoms with Gasteiger partial charge in [-0.25, -0.2) is 0 Å². The number of nitrogens with one attached hydrogen (secondary N) is 1. The Kier molecular flexibility index (Phi) is 10.6. The lowest BCUT2D eigenvalue weighted by Crippen LogP contribution is -2.32. The van der Waals surface area contributed by atoms with Crippen molar-refractivity contribution in [3.63, 3.8) is 0 Å². The molecule has 12 nitrogen and oxygen atoms in total. The first-order valence-electron chi connectivity index (χ1n) is 10.4. The highest BCUT2D eigenvalue weighted by atomic mass is 35.5. The summed E-state index contributed by atoms with van der Waals surface area (Å²) in [5.74, 6) is -1.26. The molecule has 1 amide bonds. The third-order valence-electron chi connectivity index (χ3n) is 4.36. The molecule has 35 heavy (non-hydrogen) atoms. The van der Waals surface area contributed by atoms with E-state index in [9.17, 15) is 24.5 Å². The van der Waals surface area contributed by atoms with Crippen LogP contribution in [-0.4, -0.2) is 55.6 Å². The SMILES string of the molecule is CC(=O)OCCN(CCOC(C)=O)c1cccc(NC(=O)CN=Nc2ccc([N+](=O)[O-])cc2Cl)c1. The van der Waals surface area contributed by atoms with Crippen LogP contribution in [0, 0.1) is 10.1 Å². The zero-order chi connectivity index (χ0) is 25.8. The number of hydrogen-bond acceptors (Lipinski definition) is 10. The predicted molar refractivity (Wildman–Crippen MR) is 128 cm³/mol. The van der Waals surface area contributed by atoms with E-state index in [1.165, 1.54) is 26.0 Å². The number of ether oxygens (including phenoxy) is 2. The van der Waals surface area contributed by atoms with Crippen LogP contribution in [0.3, 0.4) is 0 Å². The highest BCUT2D eigenvalue weighted by Crippen LogP contribution is 2.29. The van der Waals surface area contributed by atoms with Crippen LogP contribution >= 0.6 is 11.6 Å². The van der Waals surface area contributed by atoms with Crippen LogP contribution < -0.4 is 10.2 Å². The van der Waals surface area contributed by atoms with Gasteiger partial charge in [-0.05, 0) is 24.3 Å². The van der Waals surface area contributed by atoms with Crippen molar-refractivity contribution in [2.75, 3.05) is 43.1 Å². The summed E-state index contributed by atoms with van der Waals surface area (Å²) in [5, 5.41) is 21.1. The number of nitro benzene ring substituents is 1. The fourth-order valence-corrected chi connectivity index (χ4v) is 3.03. The van der Waals surface area contributed by atoms with Crippen LogP contribution in [0.1, 0.15) is 13.8 Å². The summed E-state index contributed by atoms with van der Waals surface area (Å²) in [7, 11) is 0. The van der Waals surface area contributed by atoms with Gasteiger partial charge in [-0.1, -0.05) is 17.7 Å². The third-order valence-corrected chi connectivity index (χ3v) is 4.67. The van der Waals surface area contributed by atoms with E-state index in [4.69, 9.17) is 21.1 Å². The summed E-state index contributed by atoms with van der Waals surface area (Å²) in [6.45, 7) is 3.29. The zero-order valence-corrected chi connectivity index (χ0v) is 19.9. The highest BCUT2D eigenvalue weighted by Gasteiger charge is 2.11. The smallest absolute Gasteiger partial charge is 0.302 e. The number of hydrogen-bond donors (Lipinski definition) is 1. The maximum Gasteiger partial charge on any atom is 0.302 e. The summed E-state index contributed by atoms with van der Waals surface area (Å²) in [4.78, 5) is 46.5. The van der Waals surface area contributed by atoms with Gasteiger partial charge in [-0.15, -0.1) is 0 Å². The summed E-state index contributed by atoms with van der Waals surface area (Å²) in [6.07, 6.45) is 0. The Bertz CT molecular complexity index is 1090. The molecule has 0 aliphatic heterocycles. The molecule has 0 atom stereocenters. The molecule has 0 saturated carbocycles. The van der Waals surface area contributed by atoms with Crippen LogP contribution in [0.2, 0.25) is 5.02 Å². The van der Waals surface area contributed by atoms with Gasteiger partial charge in [0.25, 0.3) is 5.69 Å². The number of carbonyl (C=O) groups is 3. The van der Waals surface area contributed by atoms with E-state index < -0.39 is 22.8 Å². The second kappa shape index (κ2) is 13.6. The van der Waals surface area contributed by atoms with Crippen LogP contribution in [0.4, 0.5) is 22.7 Å². The van der Waals surface area contributed by atoms with Crippen molar-refractivity contribution < 1.29 is 28.8 Å². The number of nitrogens with zero attached hydrogens (tertiary/aromatic N) is 4. The van der Waals surface area contributed by atoms with Gasteiger partial charge in [-0.2, -0.15) is 10.2 Å². The number of non-ortho nitro benzene ring substituents is 1. The van der Waals surface area contributed by atoms with Crippen LogP contribution in [0.5, 0.6) is 0 Å². The quantitative estimate of drug-likeness (QED) is 0.197. The molecule has 0 spiro atoms. The maximum atomic E-state index is 12.3. The molecule has 0 fully saturated rings. The monoisotopic (exact) mass is 505 g/mol. The standard InChI is InChI=1S/C22H24ClN5O7/c1-15(29)34-10-8-27(9-11-35-16(2)30)18-5-3-4-17(12-18)25-22(31)14-24-26-21-7-6-19(28(32)33)13-20(21)23/h3-7,12-13H,8-11,14H2,1-2H3,(H,25,31). The van der Waals surface area contributed by atoms with Crippen molar-refractivity contribution in [1.29, 1.82) is 0 Å². The van der Waals surface area contributed by atoms with Crippen molar-refractivity contribution in [3.05, 3.63) is 57.6 Å². The molecule has 0 saturated heterocycles. The molecule has 0 unspecified atom stereocenters. The zero-order valence-electron chi connectivity index (χ0n) is 19.1. The van der Waals surface area contributed by atoms with Gasteiger partial charge < -0.3 is 19.7 Å². The largest absolute Gasteiger partial charge is 0.464 e. The Morgan fingerprint density at radius 3 is 2.29 bits per heavy atom. The Labute approximate surface area is 206 Å². The summed E-state index contributed by atoms with van der Waals surface area (Å²) >= 11 is 5.95. The van der Waals surface area contributed by atoms with E-state index in [-0.39, 0.29) is 36.2 Å². The Morgan fingerprint density at radius 2 is 1.71 bits per heavy atom. The molecule has 2 rings (SSSR count). The van der Waals surface area contributed by atoms with Crippen LogP contribution in [0.25, 0.3) is 0 Å². The number of carbonyl (C=O) groups excluding carboxylic acids is 3. The molecule has 0 bridgehead atoms. The number of benzene rings is 2. The van der Waals surface area contributed by atoms with Crippen molar-refractivity contribution in [2.45, 2.75) is 13.8 Å². The minimum absolute atomic E-state index is 0.0404. The van der Waals surface area contributed by atoms with Crippen molar-refractivity contribution >= 4 is 52.2 Å². The third kappa shape index (κ3) is 9.76.